The lowest BCUT2D eigenvalue weighted by Crippen LogP contribution is -2.42. The van der Waals surface area contributed by atoms with Crippen LogP contribution in [0.1, 0.15) is 25.3 Å². The number of nitrogens with one attached hydrogen (secondary N) is 2. The van der Waals surface area contributed by atoms with Crippen LogP contribution in [0, 0.1) is 5.92 Å². The van der Waals surface area contributed by atoms with Gasteiger partial charge in [-0.1, -0.05) is 29.8 Å². The highest BCUT2D eigenvalue weighted by atomic mass is 35.5. The van der Waals surface area contributed by atoms with Crippen LogP contribution in [-0.2, 0) is 11.2 Å². The van der Waals surface area contributed by atoms with Crippen molar-refractivity contribution in [3.05, 3.63) is 46.4 Å². The molecule has 1 fully saturated rings. The maximum Gasteiger partial charge on any atom is 0.152 e. The maximum atomic E-state index is 6.48. The van der Waals surface area contributed by atoms with Crippen LogP contribution in [-0.4, -0.2) is 32.3 Å². The Morgan fingerprint density at radius 3 is 2.75 bits per heavy atom. The van der Waals surface area contributed by atoms with E-state index in [-0.39, 0.29) is 6.04 Å². The predicted molar refractivity (Wildman–Crippen MR) is 99.6 cm³/mol. The molecule has 0 spiro atoms. The highest BCUT2D eigenvalue weighted by Crippen LogP contribution is 2.22. The first-order chi connectivity index (χ1) is 11.6. The molecule has 6 N–H and O–H groups in total. The predicted octanol–water partition coefficient (Wildman–Crippen LogP) is 1.96. The second kappa shape index (κ2) is 9.77. The molecule has 1 aliphatic heterocycles. The Balaban J connectivity index is 2.01. The van der Waals surface area contributed by atoms with Gasteiger partial charge in [0.2, 0.25) is 0 Å². The summed E-state index contributed by atoms with van der Waals surface area (Å²) in [6, 6.07) is 7.62. The molecule has 0 radical (unpaired) electrons. The fourth-order valence-corrected chi connectivity index (χ4v) is 3.25. The van der Waals surface area contributed by atoms with Gasteiger partial charge in [0, 0.05) is 18.0 Å². The third-order valence-electron chi connectivity index (χ3n) is 4.41. The van der Waals surface area contributed by atoms with Crippen LogP contribution in [0.15, 0.2) is 35.8 Å². The van der Waals surface area contributed by atoms with Gasteiger partial charge >= 0.3 is 0 Å². The minimum absolute atomic E-state index is 0.183. The van der Waals surface area contributed by atoms with E-state index in [4.69, 9.17) is 27.8 Å². The summed E-state index contributed by atoms with van der Waals surface area (Å²) in [7, 11) is 0. The molecule has 6 heteroatoms. The van der Waals surface area contributed by atoms with Crippen LogP contribution >= 0.6 is 11.6 Å². The Hall–Kier alpha value is -1.43. The monoisotopic (exact) mass is 352 g/mol. The summed E-state index contributed by atoms with van der Waals surface area (Å²) < 4.78 is 6.02. The van der Waals surface area contributed by atoms with Crippen molar-refractivity contribution in [2.75, 3.05) is 26.2 Å². The zero-order valence-corrected chi connectivity index (χ0v) is 15.1. The van der Waals surface area contributed by atoms with Gasteiger partial charge < -0.3 is 26.8 Å². The lowest BCUT2D eigenvalue weighted by Gasteiger charge is -2.30. The molecule has 1 aliphatic rings. The van der Waals surface area contributed by atoms with Crippen LogP contribution in [0.4, 0.5) is 0 Å². The molecule has 0 bridgehead atoms. The Labute approximate surface area is 149 Å². The third kappa shape index (κ3) is 5.30. The quantitative estimate of drug-likeness (QED) is 0.537. The molecular weight excluding hydrogens is 324 g/mol. The van der Waals surface area contributed by atoms with Gasteiger partial charge in [-0.15, -0.1) is 0 Å². The van der Waals surface area contributed by atoms with E-state index in [1.54, 1.807) is 0 Å². The summed E-state index contributed by atoms with van der Waals surface area (Å²) in [6.45, 7) is 5.23. The minimum Gasteiger partial charge on any atom is -0.492 e. The van der Waals surface area contributed by atoms with Crippen LogP contribution in [0.5, 0.6) is 0 Å². The average Bonchev–Trinajstić information content (AvgIpc) is 2.60. The molecule has 0 aliphatic carbocycles. The summed E-state index contributed by atoms with van der Waals surface area (Å²) in [5, 5.41) is 7.25. The Morgan fingerprint density at radius 2 is 2.08 bits per heavy atom. The lowest BCUT2D eigenvalue weighted by molar-refractivity contribution is 0.166. The van der Waals surface area contributed by atoms with Crippen molar-refractivity contribution < 1.29 is 4.74 Å². The van der Waals surface area contributed by atoms with Crippen molar-refractivity contribution in [2.45, 2.75) is 32.2 Å². The highest BCUT2D eigenvalue weighted by molar-refractivity contribution is 6.31. The van der Waals surface area contributed by atoms with Crippen LogP contribution in [0.25, 0.3) is 0 Å². The van der Waals surface area contributed by atoms with E-state index >= 15 is 0 Å². The largest absolute Gasteiger partial charge is 0.492 e. The number of hydrogen-bond donors (Lipinski definition) is 4. The number of piperidine rings is 1. The van der Waals surface area contributed by atoms with E-state index in [1.807, 2.05) is 31.2 Å². The molecule has 0 amide bonds. The minimum atomic E-state index is -0.183. The van der Waals surface area contributed by atoms with Gasteiger partial charge in [-0.2, -0.15) is 0 Å². The number of nitrogens with two attached hydrogens (primary N) is 2. The summed E-state index contributed by atoms with van der Waals surface area (Å²) in [4.78, 5) is 0. The molecule has 0 aromatic heterocycles. The van der Waals surface area contributed by atoms with Crippen LogP contribution in [0.2, 0.25) is 5.02 Å². The first kappa shape index (κ1) is 18.9. The second-order valence-corrected chi connectivity index (χ2v) is 6.52. The van der Waals surface area contributed by atoms with Crippen molar-refractivity contribution in [1.82, 2.24) is 10.6 Å². The molecule has 1 atom stereocenters. The summed E-state index contributed by atoms with van der Waals surface area (Å²) >= 11 is 6.20. The zero-order valence-electron chi connectivity index (χ0n) is 14.4. The van der Waals surface area contributed by atoms with E-state index in [2.05, 4.69) is 10.6 Å². The Kier molecular flexibility index (Phi) is 7.69. The van der Waals surface area contributed by atoms with Gasteiger partial charge in [-0.25, -0.2) is 0 Å². The SMILES string of the molecule is CCN/C(N)=C(/OCCc1ccccc1Cl)C(N)C1CCNCC1. The zero-order chi connectivity index (χ0) is 17.4. The topological polar surface area (TPSA) is 85.3 Å². The molecule has 0 saturated carbocycles. The van der Waals surface area contributed by atoms with Gasteiger partial charge in [0.15, 0.2) is 5.76 Å². The van der Waals surface area contributed by atoms with Crippen molar-refractivity contribution in [3.8, 4) is 0 Å². The molecule has 1 saturated heterocycles. The standard InChI is InChI=1S/C18H29ClN4O/c1-2-23-18(21)17(16(20)14-7-10-22-11-8-14)24-12-9-13-5-3-4-6-15(13)19/h3-6,14,16,22-23H,2,7-12,20-21H2,1H3/b18-17+. The summed E-state index contributed by atoms with van der Waals surface area (Å²) in [5.74, 6) is 1.61. The molecule has 1 heterocycles. The number of hydrogen-bond acceptors (Lipinski definition) is 5. The number of rotatable bonds is 8. The third-order valence-corrected chi connectivity index (χ3v) is 4.78. The molecule has 24 heavy (non-hydrogen) atoms. The Morgan fingerprint density at radius 1 is 1.38 bits per heavy atom. The number of halogens is 1. The van der Waals surface area contributed by atoms with E-state index in [1.165, 1.54) is 0 Å². The van der Waals surface area contributed by atoms with E-state index in [0.717, 1.165) is 49.5 Å². The smallest absolute Gasteiger partial charge is 0.152 e. The summed E-state index contributed by atoms with van der Waals surface area (Å²) in [6.07, 6.45) is 2.80. The van der Waals surface area contributed by atoms with Crippen molar-refractivity contribution >= 4 is 11.6 Å². The fourth-order valence-electron chi connectivity index (χ4n) is 3.02. The maximum absolute atomic E-state index is 6.48. The lowest BCUT2D eigenvalue weighted by atomic mass is 9.89. The van der Waals surface area contributed by atoms with Crippen LogP contribution in [0.3, 0.4) is 0 Å². The fraction of sp³-hybridized carbons (Fsp3) is 0.556. The normalized spacial score (nSPS) is 18.0. The van der Waals surface area contributed by atoms with Crippen LogP contribution < -0.4 is 22.1 Å². The highest BCUT2D eigenvalue weighted by Gasteiger charge is 2.26. The number of ether oxygens (including phenoxy) is 1. The van der Waals surface area contributed by atoms with E-state index in [0.29, 0.717) is 24.1 Å². The summed E-state index contributed by atoms with van der Waals surface area (Å²) in [5.41, 5.74) is 13.7. The molecule has 134 valence electrons. The molecule has 1 aromatic carbocycles. The van der Waals surface area contributed by atoms with Crippen molar-refractivity contribution in [2.24, 2.45) is 17.4 Å². The molecule has 1 aromatic rings. The first-order valence-electron chi connectivity index (χ1n) is 8.69. The van der Waals surface area contributed by atoms with Gasteiger partial charge in [-0.3, -0.25) is 0 Å². The molecule has 1 unspecified atom stereocenters. The first-order valence-corrected chi connectivity index (χ1v) is 9.07. The van der Waals surface area contributed by atoms with Gasteiger partial charge in [0.1, 0.15) is 5.82 Å². The second-order valence-electron chi connectivity index (χ2n) is 6.11. The van der Waals surface area contributed by atoms with Crippen molar-refractivity contribution in [1.29, 1.82) is 0 Å². The average molecular weight is 353 g/mol. The molecular formula is C18H29ClN4O. The number of benzene rings is 1. The van der Waals surface area contributed by atoms with Crippen molar-refractivity contribution in [3.63, 3.8) is 0 Å². The Bertz CT molecular complexity index is 544. The van der Waals surface area contributed by atoms with Gasteiger partial charge in [0.05, 0.1) is 12.6 Å². The molecule has 5 nitrogen and oxygen atoms in total. The van der Waals surface area contributed by atoms with Gasteiger partial charge in [0.25, 0.3) is 0 Å². The van der Waals surface area contributed by atoms with Gasteiger partial charge in [-0.05, 0) is 50.4 Å². The van der Waals surface area contributed by atoms with E-state index in [9.17, 15) is 0 Å². The molecule has 2 rings (SSSR count). The van der Waals surface area contributed by atoms with E-state index < -0.39 is 0 Å².